The average molecular weight is 199 g/mol. The van der Waals surface area contributed by atoms with Crippen molar-refractivity contribution in [2.24, 2.45) is 5.92 Å². The van der Waals surface area contributed by atoms with Crippen LogP contribution in [0.25, 0.3) is 0 Å². The fourth-order valence-electron chi connectivity index (χ4n) is 1.82. The normalized spacial score (nSPS) is 29.5. The van der Waals surface area contributed by atoms with Crippen LogP contribution in [0.2, 0.25) is 0 Å². The molecule has 0 amide bonds. The van der Waals surface area contributed by atoms with Gasteiger partial charge in [0.2, 0.25) is 0 Å². The Morgan fingerprint density at radius 2 is 1.86 bits per heavy atom. The Hall–Kier alpha value is -0.410. The summed E-state index contributed by atoms with van der Waals surface area (Å²) in [6, 6.07) is 0. The Balaban J connectivity index is 2.40. The van der Waals surface area contributed by atoms with Crippen molar-refractivity contribution >= 4 is 5.78 Å². The minimum absolute atomic E-state index is 0.142. The summed E-state index contributed by atoms with van der Waals surface area (Å²) in [5, 5.41) is 0. The minimum Gasteiger partial charge on any atom is -0.373 e. The number of morpholine rings is 1. The lowest BCUT2D eigenvalue weighted by atomic mass is 10.1. The number of hydrogen-bond donors (Lipinski definition) is 0. The quantitative estimate of drug-likeness (QED) is 0.686. The molecule has 0 N–H and O–H groups in total. The maximum atomic E-state index is 11.5. The van der Waals surface area contributed by atoms with E-state index < -0.39 is 0 Å². The van der Waals surface area contributed by atoms with Gasteiger partial charge in [0.25, 0.3) is 0 Å². The van der Waals surface area contributed by atoms with E-state index >= 15 is 0 Å². The van der Waals surface area contributed by atoms with E-state index in [0.29, 0.717) is 12.3 Å². The molecule has 1 rings (SSSR count). The van der Waals surface area contributed by atoms with Crippen molar-refractivity contribution in [3.63, 3.8) is 0 Å². The molecule has 3 heteroatoms. The molecule has 1 aliphatic heterocycles. The van der Waals surface area contributed by atoms with Crippen molar-refractivity contribution in [3.05, 3.63) is 0 Å². The van der Waals surface area contributed by atoms with Gasteiger partial charge in [-0.2, -0.15) is 0 Å². The van der Waals surface area contributed by atoms with Gasteiger partial charge in [-0.25, -0.2) is 0 Å². The number of nitrogens with zero attached hydrogens (tertiary/aromatic N) is 1. The van der Waals surface area contributed by atoms with Crippen LogP contribution in [0.5, 0.6) is 0 Å². The molecule has 0 spiro atoms. The van der Waals surface area contributed by atoms with E-state index in [4.69, 9.17) is 4.74 Å². The monoisotopic (exact) mass is 199 g/mol. The molecular weight excluding hydrogens is 178 g/mol. The molecule has 1 fully saturated rings. The molecule has 0 bridgehead atoms. The molecule has 2 unspecified atom stereocenters. The van der Waals surface area contributed by atoms with Crippen LogP contribution in [0.4, 0.5) is 0 Å². The van der Waals surface area contributed by atoms with Crippen LogP contribution in [0, 0.1) is 5.92 Å². The minimum atomic E-state index is 0.142. The lowest BCUT2D eigenvalue weighted by molar-refractivity contribution is -0.126. The predicted octanol–water partition coefficient (Wildman–Crippen LogP) is 1.32. The maximum Gasteiger partial charge on any atom is 0.149 e. The third-order valence-electron chi connectivity index (χ3n) is 2.52. The molecule has 0 aliphatic carbocycles. The summed E-state index contributed by atoms with van der Waals surface area (Å²) >= 11 is 0. The van der Waals surface area contributed by atoms with Crippen LogP contribution in [0.15, 0.2) is 0 Å². The lowest BCUT2D eigenvalue weighted by Gasteiger charge is -2.35. The van der Waals surface area contributed by atoms with Crippen molar-refractivity contribution in [1.82, 2.24) is 4.90 Å². The summed E-state index contributed by atoms with van der Waals surface area (Å²) in [5.41, 5.74) is 0. The Morgan fingerprint density at radius 3 is 2.29 bits per heavy atom. The second-order valence-electron chi connectivity index (χ2n) is 4.57. The van der Waals surface area contributed by atoms with Crippen LogP contribution < -0.4 is 0 Å². The largest absolute Gasteiger partial charge is 0.373 e. The summed E-state index contributed by atoms with van der Waals surface area (Å²) in [4.78, 5) is 13.7. The molecule has 1 heterocycles. The zero-order chi connectivity index (χ0) is 10.7. The van der Waals surface area contributed by atoms with Crippen LogP contribution in [0.3, 0.4) is 0 Å². The van der Waals surface area contributed by atoms with E-state index in [0.717, 1.165) is 13.1 Å². The third-order valence-corrected chi connectivity index (χ3v) is 2.52. The first-order valence-corrected chi connectivity index (χ1v) is 5.39. The fraction of sp³-hybridized carbons (Fsp3) is 0.909. The third kappa shape index (κ3) is 3.39. The Morgan fingerprint density at radius 1 is 1.36 bits per heavy atom. The average Bonchev–Trinajstić information content (AvgIpc) is 2.01. The number of rotatable bonds is 3. The zero-order valence-corrected chi connectivity index (χ0v) is 9.62. The molecular formula is C11H21NO2. The highest BCUT2D eigenvalue weighted by Gasteiger charge is 2.24. The standard InChI is InChI=1S/C11H21NO2/c1-8(2)11(13)7-12-5-9(3)14-10(4)6-12/h8-10H,5-7H2,1-4H3. The van der Waals surface area contributed by atoms with E-state index in [1.54, 1.807) is 0 Å². The zero-order valence-electron chi connectivity index (χ0n) is 9.62. The maximum absolute atomic E-state index is 11.5. The van der Waals surface area contributed by atoms with Gasteiger partial charge in [-0.05, 0) is 13.8 Å². The van der Waals surface area contributed by atoms with Crippen molar-refractivity contribution < 1.29 is 9.53 Å². The van der Waals surface area contributed by atoms with Crippen molar-refractivity contribution in [1.29, 1.82) is 0 Å². The Bertz CT molecular complexity index is 193. The van der Waals surface area contributed by atoms with Gasteiger partial charge in [0.15, 0.2) is 0 Å². The summed E-state index contributed by atoms with van der Waals surface area (Å²) in [6.07, 6.45) is 0.498. The van der Waals surface area contributed by atoms with Gasteiger partial charge >= 0.3 is 0 Å². The highest BCUT2D eigenvalue weighted by molar-refractivity contribution is 5.82. The van der Waals surface area contributed by atoms with E-state index in [1.807, 2.05) is 13.8 Å². The number of carbonyl (C=O) groups excluding carboxylic acids is 1. The van der Waals surface area contributed by atoms with Crippen LogP contribution in [-0.4, -0.2) is 42.5 Å². The van der Waals surface area contributed by atoms with Gasteiger partial charge in [-0.3, -0.25) is 9.69 Å². The summed E-state index contributed by atoms with van der Waals surface area (Å²) in [5.74, 6) is 0.467. The molecule has 82 valence electrons. The molecule has 0 saturated carbocycles. The Labute approximate surface area is 86.4 Å². The SMILES string of the molecule is CC1CN(CC(=O)C(C)C)CC(C)O1. The number of hydrogen-bond acceptors (Lipinski definition) is 3. The highest BCUT2D eigenvalue weighted by atomic mass is 16.5. The first kappa shape index (κ1) is 11.7. The van der Waals surface area contributed by atoms with Gasteiger partial charge in [0.05, 0.1) is 18.8 Å². The van der Waals surface area contributed by atoms with E-state index in [2.05, 4.69) is 18.7 Å². The van der Waals surface area contributed by atoms with E-state index in [9.17, 15) is 4.79 Å². The van der Waals surface area contributed by atoms with Gasteiger partial charge in [-0.1, -0.05) is 13.8 Å². The molecule has 0 aromatic heterocycles. The fourth-order valence-corrected chi connectivity index (χ4v) is 1.82. The van der Waals surface area contributed by atoms with Crippen molar-refractivity contribution in [2.75, 3.05) is 19.6 Å². The number of Topliss-reactive ketones (excluding diaryl/α,β-unsaturated/α-hetero) is 1. The molecule has 0 radical (unpaired) electrons. The van der Waals surface area contributed by atoms with E-state index in [1.165, 1.54) is 0 Å². The summed E-state index contributed by atoms with van der Waals surface area (Å²) in [7, 11) is 0. The molecule has 1 saturated heterocycles. The van der Waals surface area contributed by atoms with Crippen molar-refractivity contribution in [2.45, 2.75) is 39.9 Å². The lowest BCUT2D eigenvalue weighted by Crippen LogP contribution is -2.47. The second-order valence-corrected chi connectivity index (χ2v) is 4.57. The van der Waals surface area contributed by atoms with Gasteiger partial charge in [-0.15, -0.1) is 0 Å². The number of ether oxygens (including phenoxy) is 1. The van der Waals surface area contributed by atoms with Gasteiger partial charge in [0, 0.05) is 19.0 Å². The second kappa shape index (κ2) is 4.89. The number of ketones is 1. The van der Waals surface area contributed by atoms with Crippen molar-refractivity contribution in [3.8, 4) is 0 Å². The first-order chi connectivity index (χ1) is 6.49. The molecule has 1 aliphatic rings. The van der Waals surface area contributed by atoms with Gasteiger partial charge < -0.3 is 4.74 Å². The van der Waals surface area contributed by atoms with Crippen LogP contribution in [-0.2, 0) is 9.53 Å². The smallest absolute Gasteiger partial charge is 0.149 e. The first-order valence-electron chi connectivity index (χ1n) is 5.39. The topological polar surface area (TPSA) is 29.5 Å². The summed E-state index contributed by atoms with van der Waals surface area (Å²) < 4.78 is 5.61. The van der Waals surface area contributed by atoms with Crippen LogP contribution >= 0.6 is 0 Å². The predicted molar refractivity (Wildman–Crippen MR) is 56.3 cm³/mol. The van der Waals surface area contributed by atoms with Gasteiger partial charge in [0.1, 0.15) is 5.78 Å². The molecule has 2 atom stereocenters. The molecule has 0 aromatic carbocycles. The Kier molecular flexibility index (Phi) is 4.08. The van der Waals surface area contributed by atoms with E-state index in [-0.39, 0.29) is 18.1 Å². The number of carbonyl (C=O) groups is 1. The van der Waals surface area contributed by atoms with Crippen LogP contribution in [0.1, 0.15) is 27.7 Å². The molecule has 0 aromatic rings. The summed E-state index contributed by atoms with van der Waals surface area (Å²) in [6.45, 7) is 10.4. The molecule has 14 heavy (non-hydrogen) atoms. The highest BCUT2D eigenvalue weighted by Crippen LogP contribution is 2.11. The molecule has 3 nitrogen and oxygen atoms in total.